The van der Waals surface area contributed by atoms with Crippen LogP contribution in [0.5, 0.6) is 0 Å². The van der Waals surface area contributed by atoms with Crippen molar-refractivity contribution in [3.8, 4) is 0 Å². The second-order valence-electron chi connectivity index (χ2n) is 2.63. The van der Waals surface area contributed by atoms with E-state index in [9.17, 15) is 4.79 Å². The average Bonchev–Trinajstić information content (AvgIpc) is 1.94. The average molecular weight is 152 g/mol. The fraction of sp³-hybridized carbons (Fsp3) is 0.375. The van der Waals surface area contributed by atoms with Crippen LogP contribution >= 0.6 is 0 Å². The van der Waals surface area contributed by atoms with Crippen LogP contribution in [0.3, 0.4) is 0 Å². The van der Waals surface area contributed by atoms with Gasteiger partial charge in [-0.15, -0.1) is 0 Å². The summed E-state index contributed by atoms with van der Waals surface area (Å²) in [7, 11) is 1.90. The lowest BCUT2D eigenvalue weighted by atomic mass is 10.1. The molecule has 1 rings (SSSR count). The molecule has 0 bridgehead atoms. The standard InChI is InChI=1S/C8H12N2O/c1-6-7(8(9)11)4-3-5-10(6)2/h3,5H,4H2,1-2H3,(H2,9,11). The number of amides is 1. The van der Waals surface area contributed by atoms with Gasteiger partial charge in [0.1, 0.15) is 0 Å². The summed E-state index contributed by atoms with van der Waals surface area (Å²) in [6, 6.07) is 0. The number of hydrogen-bond acceptors (Lipinski definition) is 2. The van der Waals surface area contributed by atoms with Gasteiger partial charge in [0.15, 0.2) is 0 Å². The van der Waals surface area contributed by atoms with Gasteiger partial charge in [-0.05, 0) is 19.5 Å². The molecule has 1 aliphatic rings. The molecule has 0 spiro atoms. The van der Waals surface area contributed by atoms with Crippen molar-refractivity contribution >= 4 is 5.91 Å². The largest absolute Gasteiger partial charge is 0.366 e. The minimum atomic E-state index is -0.321. The van der Waals surface area contributed by atoms with Gasteiger partial charge in [-0.25, -0.2) is 0 Å². The van der Waals surface area contributed by atoms with Crippen LogP contribution in [0.1, 0.15) is 13.3 Å². The molecule has 0 saturated heterocycles. The van der Waals surface area contributed by atoms with Gasteiger partial charge >= 0.3 is 0 Å². The molecule has 3 nitrogen and oxygen atoms in total. The highest BCUT2D eigenvalue weighted by Gasteiger charge is 2.12. The lowest BCUT2D eigenvalue weighted by Crippen LogP contribution is -2.22. The molecule has 2 N–H and O–H groups in total. The van der Waals surface area contributed by atoms with Crippen molar-refractivity contribution < 1.29 is 4.79 Å². The van der Waals surface area contributed by atoms with Gasteiger partial charge in [0.05, 0.1) is 0 Å². The molecule has 1 amide bonds. The Morgan fingerprint density at radius 3 is 2.82 bits per heavy atom. The van der Waals surface area contributed by atoms with Gasteiger partial charge in [-0.1, -0.05) is 6.08 Å². The van der Waals surface area contributed by atoms with Gasteiger partial charge in [-0.3, -0.25) is 4.79 Å². The first-order valence-electron chi connectivity index (χ1n) is 3.52. The number of primary amides is 1. The highest BCUT2D eigenvalue weighted by atomic mass is 16.1. The van der Waals surface area contributed by atoms with E-state index in [1.807, 2.05) is 31.1 Å². The van der Waals surface area contributed by atoms with Crippen LogP contribution in [0.25, 0.3) is 0 Å². The monoisotopic (exact) mass is 152 g/mol. The van der Waals surface area contributed by atoms with E-state index in [0.717, 1.165) is 5.70 Å². The number of allylic oxidation sites excluding steroid dienone is 2. The summed E-state index contributed by atoms with van der Waals surface area (Å²) in [4.78, 5) is 12.7. The van der Waals surface area contributed by atoms with Crippen LogP contribution in [-0.4, -0.2) is 17.9 Å². The second-order valence-corrected chi connectivity index (χ2v) is 2.63. The van der Waals surface area contributed by atoms with E-state index in [4.69, 9.17) is 5.73 Å². The highest BCUT2D eigenvalue weighted by Crippen LogP contribution is 2.17. The maximum absolute atomic E-state index is 10.8. The molecule has 1 heterocycles. The number of rotatable bonds is 1. The predicted molar refractivity (Wildman–Crippen MR) is 43.4 cm³/mol. The van der Waals surface area contributed by atoms with E-state index < -0.39 is 0 Å². The van der Waals surface area contributed by atoms with Crippen molar-refractivity contribution in [1.29, 1.82) is 0 Å². The smallest absolute Gasteiger partial charge is 0.246 e. The van der Waals surface area contributed by atoms with Crippen molar-refractivity contribution in [3.63, 3.8) is 0 Å². The number of carbonyl (C=O) groups is 1. The number of nitrogens with zero attached hydrogens (tertiary/aromatic N) is 1. The number of nitrogens with two attached hydrogens (primary N) is 1. The summed E-state index contributed by atoms with van der Waals surface area (Å²) in [5, 5.41) is 0. The molecular formula is C8H12N2O. The zero-order valence-corrected chi connectivity index (χ0v) is 6.79. The Morgan fingerprint density at radius 2 is 2.36 bits per heavy atom. The Labute approximate surface area is 66.2 Å². The Hall–Kier alpha value is -1.25. The molecular weight excluding hydrogens is 140 g/mol. The summed E-state index contributed by atoms with van der Waals surface area (Å²) < 4.78 is 0. The van der Waals surface area contributed by atoms with E-state index in [-0.39, 0.29) is 5.91 Å². The Morgan fingerprint density at radius 1 is 1.73 bits per heavy atom. The first-order chi connectivity index (χ1) is 5.13. The van der Waals surface area contributed by atoms with Crippen LogP contribution in [0.4, 0.5) is 0 Å². The fourth-order valence-corrected chi connectivity index (χ4v) is 1.08. The summed E-state index contributed by atoms with van der Waals surface area (Å²) in [5.74, 6) is -0.321. The molecule has 0 aromatic rings. The minimum Gasteiger partial charge on any atom is -0.366 e. The van der Waals surface area contributed by atoms with Crippen LogP contribution in [0, 0.1) is 0 Å². The van der Waals surface area contributed by atoms with Crippen LogP contribution in [0.15, 0.2) is 23.5 Å². The maximum atomic E-state index is 10.8. The Balaban J connectivity index is 2.93. The first kappa shape index (κ1) is 7.85. The van der Waals surface area contributed by atoms with Crippen molar-refractivity contribution in [1.82, 2.24) is 4.90 Å². The molecule has 0 radical (unpaired) electrons. The molecule has 0 aliphatic carbocycles. The van der Waals surface area contributed by atoms with E-state index >= 15 is 0 Å². The molecule has 60 valence electrons. The molecule has 3 heteroatoms. The highest BCUT2D eigenvalue weighted by molar-refractivity contribution is 5.93. The SMILES string of the molecule is CC1=C(C(N)=O)CC=CN1C. The fourth-order valence-electron chi connectivity index (χ4n) is 1.08. The second kappa shape index (κ2) is 2.78. The number of carbonyl (C=O) groups excluding carboxylic acids is 1. The first-order valence-corrected chi connectivity index (χ1v) is 3.52. The third-order valence-electron chi connectivity index (χ3n) is 1.91. The minimum absolute atomic E-state index is 0.321. The summed E-state index contributed by atoms with van der Waals surface area (Å²) in [5.41, 5.74) is 6.81. The van der Waals surface area contributed by atoms with Gasteiger partial charge in [0.25, 0.3) is 0 Å². The summed E-state index contributed by atoms with van der Waals surface area (Å²) in [6.45, 7) is 1.89. The zero-order chi connectivity index (χ0) is 8.43. The van der Waals surface area contributed by atoms with Gasteiger partial charge in [-0.2, -0.15) is 0 Å². The predicted octanol–water partition coefficient (Wildman–Crippen LogP) is 0.595. The normalized spacial score (nSPS) is 17.5. The molecule has 0 saturated carbocycles. The van der Waals surface area contributed by atoms with Crippen molar-refractivity contribution in [2.24, 2.45) is 5.73 Å². The van der Waals surface area contributed by atoms with Gasteiger partial charge in [0, 0.05) is 18.3 Å². The Bertz CT molecular complexity index is 240. The maximum Gasteiger partial charge on any atom is 0.246 e. The molecule has 0 aromatic heterocycles. The quantitative estimate of drug-likeness (QED) is 0.598. The molecule has 0 unspecified atom stereocenters. The molecule has 11 heavy (non-hydrogen) atoms. The van der Waals surface area contributed by atoms with Crippen LogP contribution < -0.4 is 5.73 Å². The zero-order valence-electron chi connectivity index (χ0n) is 6.79. The third kappa shape index (κ3) is 1.42. The summed E-state index contributed by atoms with van der Waals surface area (Å²) in [6.07, 6.45) is 4.51. The van der Waals surface area contributed by atoms with E-state index in [2.05, 4.69) is 0 Å². The topological polar surface area (TPSA) is 46.3 Å². The lowest BCUT2D eigenvalue weighted by molar-refractivity contribution is -0.114. The van der Waals surface area contributed by atoms with Crippen LogP contribution in [-0.2, 0) is 4.79 Å². The van der Waals surface area contributed by atoms with Gasteiger partial charge in [0.2, 0.25) is 5.91 Å². The van der Waals surface area contributed by atoms with Crippen molar-refractivity contribution in [3.05, 3.63) is 23.5 Å². The molecule has 0 aromatic carbocycles. The molecule has 0 atom stereocenters. The van der Waals surface area contributed by atoms with E-state index in [1.54, 1.807) is 0 Å². The van der Waals surface area contributed by atoms with Crippen molar-refractivity contribution in [2.75, 3.05) is 7.05 Å². The Kier molecular flexibility index (Phi) is 1.98. The van der Waals surface area contributed by atoms with Gasteiger partial charge < -0.3 is 10.6 Å². The van der Waals surface area contributed by atoms with E-state index in [1.165, 1.54) is 0 Å². The summed E-state index contributed by atoms with van der Waals surface area (Å²) >= 11 is 0. The van der Waals surface area contributed by atoms with Crippen LogP contribution in [0.2, 0.25) is 0 Å². The molecule has 0 fully saturated rings. The number of hydrogen-bond donors (Lipinski definition) is 1. The van der Waals surface area contributed by atoms with E-state index in [0.29, 0.717) is 12.0 Å². The lowest BCUT2D eigenvalue weighted by Gasteiger charge is -2.21. The third-order valence-corrected chi connectivity index (χ3v) is 1.91. The molecule has 1 aliphatic heterocycles. The van der Waals surface area contributed by atoms with Crippen molar-refractivity contribution in [2.45, 2.75) is 13.3 Å².